The van der Waals surface area contributed by atoms with E-state index < -0.39 is 5.97 Å². The molecule has 0 bridgehead atoms. The molecular formula is C13H18BrNO3. The van der Waals surface area contributed by atoms with E-state index in [-0.39, 0.29) is 18.3 Å². The number of carboxylic acids is 1. The maximum absolute atomic E-state index is 10.9. The first-order valence-electron chi connectivity index (χ1n) is 5.87. The normalized spacial score (nSPS) is 12.7. The third-order valence-electron chi connectivity index (χ3n) is 2.97. The van der Waals surface area contributed by atoms with Gasteiger partial charge in [-0.25, -0.2) is 0 Å². The van der Waals surface area contributed by atoms with E-state index in [1.54, 1.807) is 12.1 Å². The van der Waals surface area contributed by atoms with Crippen LogP contribution < -0.4 is 0 Å². The smallest absolute Gasteiger partial charge is 0.317 e. The number of aromatic hydroxyl groups is 1. The second-order valence-electron chi connectivity index (χ2n) is 4.33. The number of carbonyl (C=O) groups is 1. The molecule has 0 saturated heterocycles. The number of hydrogen-bond donors (Lipinski definition) is 2. The molecule has 1 atom stereocenters. The zero-order valence-electron chi connectivity index (χ0n) is 10.6. The molecule has 0 heterocycles. The molecule has 100 valence electrons. The maximum Gasteiger partial charge on any atom is 0.317 e. The molecule has 2 N–H and O–H groups in total. The van der Waals surface area contributed by atoms with Gasteiger partial charge in [-0.05, 0) is 31.5 Å². The minimum atomic E-state index is -0.857. The van der Waals surface area contributed by atoms with Gasteiger partial charge in [-0.2, -0.15) is 0 Å². The van der Waals surface area contributed by atoms with Crippen molar-refractivity contribution in [2.45, 2.75) is 32.9 Å². The average molecular weight is 316 g/mol. The van der Waals surface area contributed by atoms with Crippen molar-refractivity contribution in [1.82, 2.24) is 4.90 Å². The monoisotopic (exact) mass is 315 g/mol. The van der Waals surface area contributed by atoms with Crippen LogP contribution in [0.1, 0.15) is 25.8 Å². The molecule has 0 aliphatic rings. The summed E-state index contributed by atoms with van der Waals surface area (Å²) in [5.41, 5.74) is 0.728. The minimum absolute atomic E-state index is 0.0268. The molecule has 18 heavy (non-hydrogen) atoms. The molecular weight excluding hydrogens is 298 g/mol. The van der Waals surface area contributed by atoms with Crippen LogP contribution >= 0.6 is 15.9 Å². The summed E-state index contributed by atoms with van der Waals surface area (Å²) in [7, 11) is 0. The van der Waals surface area contributed by atoms with Crippen molar-refractivity contribution in [3.63, 3.8) is 0 Å². The van der Waals surface area contributed by atoms with Crippen molar-refractivity contribution in [1.29, 1.82) is 0 Å². The lowest BCUT2D eigenvalue weighted by Crippen LogP contribution is -2.36. The highest BCUT2D eigenvalue weighted by Gasteiger charge is 2.17. The summed E-state index contributed by atoms with van der Waals surface area (Å²) in [6.07, 6.45) is 0.863. The van der Waals surface area contributed by atoms with Gasteiger partial charge in [0.2, 0.25) is 0 Å². The largest absolute Gasteiger partial charge is 0.508 e. The minimum Gasteiger partial charge on any atom is -0.508 e. The number of hydrogen-bond acceptors (Lipinski definition) is 3. The zero-order chi connectivity index (χ0) is 13.7. The van der Waals surface area contributed by atoms with Crippen molar-refractivity contribution in [3.8, 4) is 5.75 Å². The number of carboxylic acid groups (broad SMARTS) is 1. The molecule has 0 radical (unpaired) electrons. The number of phenols is 1. The van der Waals surface area contributed by atoms with Gasteiger partial charge in [0.1, 0.15) is 5.75 Å². The summed E-state index contributed by atoms with van der Waals surface area (Å²) >= 11 is 3.35. The Labute approximate surface area is 115 Å². The van der Waals surface area contributed by atoms with Crippen LogP contribution in [0.25, 0.3) is 0 Å². The third kappa shape index (κ3) is 4.31. The Kier molecular flexibility index (Phi) is 5.62. The van der Waals surface area contributed by atoms with Crippen molar-refractivity contribution < 1.29 is 15.0 Å². The number of phenolic OH excluding ortho intramolecular Hbond substituents is 1. The Morgan fingerprint density at radius 1 is 1.50 bits per heavy atom. The second-order valence-corrected chi connectivity index (χ2v) is 5.24. The molecule has 1 unspecified atom stereocenters. The fourth-order valence-corrected chi connectivity index (χ4v) is 2.11. The van der Waals surface area contributed by atoms with Gasteiger partial charge in [-0.15, -0.1) is 0 Å². The molecule has 5 heteroatoms. The first-order chi connectivity index (χ1) is 8.43. The van der Waals surface area contributed by atoms with E-state index in [0.29, 0.717) is 6.54 Å². The van der Waals surface area contributed by atoms with E-state index in [9.17, 15) is 9.90 Å². The van der Waals surface area contributed by atoms with E-state index in [2.05, 4.69) is 15.9 Å². The predicted molar refractivity (Wildman–Crippen MR) is 73.6 cm³/mol. The van der Waals surface area contributed by atoms with Gasteiger partial charge in [-0.1, -0.05) is 22.9 Å². The summed E-state index contributed by atoms with van der Waals surface area (Å²) in [5, 5.41) is 18.7. The quantitative estimate of drug-likeness (QED) is 0.847. The van der Waals surface area contributed by atoms with Crippen LogP contribution in [0, 0.1) is 0 Å². The molecule has 0 fully saturated rings. The molecule has 1 aromatic rings. The summed E-state index contributed by atoms with van der Waals surface area (Å²) in [5.74, 6) is -0.665. The fraction of sp³-hybridized carbons (Fsp3) is 0.462. The molecule has 1 aromatic carbocycles. The van der Waals surface area contributed by atoms with Crippen molar-refractivity contribution in [2.24, 2.45) is 0 Å². The van der Waals surface area contributed by atoms with Crippen LogP contribution in [0.5, 0.6) is 5.75 Å². The Morgan fingerprint density at radius 2 is 2.17 bits per heavy atom. The number of nitrogens with zero attached hydrogens (tertiary/aromatic N) is 1. The van der Waals surface area contributed by atoms with Crippen LogP contribution in [-0.4, -0.2) is 33.7 Å². The molecule has 0 aliphatic heterocycles. The Balaban J connectivity index is 2.88. The topological polar surface area (TPSA) is 60.8 Å². The number of rotatable bonds is 6. The standard InChI is InChI=1S/C13H18BrNO3/c1-3-9(2)15(8-13(17)18)7-10-6-11(14)4-5-12(10)16/h4-6,9,16H,3,7-8H2,1-2H3,(H,17,18). The first-order valence-corrected chi connectivity index (χ1v) is 6.66. The second kappa shape index (κ2) is 6.75. The average Bonchev–Trinajstić information content (AvgIpc) is 2.31. The molecule has 4 nitrogen and oxygen atoms in total. The van der Waals surface area contributed by atoms with Crippen LogP contribution in [0.2, 0.25) is 0 Å². The number of halogens is 1. The molecule has 0 saturated carbocycles. The van der Waals surface area contributed by atoms with E-state index >= 15 is 0 Å². The molecule has 0 spiro atoms. The van der Waals surface area contributed by atoms with Crippen LogP contribution in [-0.2, 0) is 11.3 Å². The molecule has 0 aromatic heterocycles. The highest BCUT2D eigenvalue weighted by molar-refractivity contribution is 9.10. The van der Waals surface area contributed by atoms with Gasteiger partial charge in [0.05, 0.1) is 6.54 Å². The van der Waals surface area contributed by atoms with E-state index in [4.69, 9.17) is 5.11 Å². The van der Waals surface area contributed by atoms with Crippen LogP contribution in [0.3, 0.4) is 0 Å². The van der Waals surface area contributed by atoms with Crippen molar-refractivity contribution in [2.75, 3.05) is 6.54 Å². The molecule has 0 aliphatic carbocycles. The Morgan fingerprint density at radius 3 is 2.72 bits per heavy atom. The van der Waals surface area contributed by atoms with Crippen LogP contribution in [0.15, 0.2) is 22.7 Å². The molecule has 0 amide bonds. The van der Waals surface area contributed by atoms with E-state index in [1.807, 2.05) is 24.8 Å². The fourth-order valence-electron chi connectivity index (χ4n) is 1.70. The first kappa shape index (κ1) is 15.0. The summed E-state index contributed by atoms with van der Waals surface area (Å²) in [6, 6.07) is 5.32. The highest BCUT2D eigenvalue weighted by atomic mass is 79.9. The Bertz CT molecular complexity index is 423. The van der Waals surface area contributed by atoms with E-state index in [1.165, 1.54) is 0 Å². The maximum atomic E-state index is 10.9. The zero-order valence-corrected chi connectivity index (χ0v) is 12.1. The molecule has 1 rings (SSSR count). The number of benzene rings is 1. The summed E-state index contributed by atoms with van der Waals surface area (Å²) in [4.78, 5) is 12.7. The van der Waals surface area contributed by atoms with Crippen molar-refractivity contribution >= 4 is 21.9 Å². The van der Waals surface area contributed by atoms with Gasteiger partial charge in [0.25, 0.3) is 0 Å². The lowest BCUT2D eigenvalue weighted by Gasteiger charge is -2.27. The van der Waals surface area contributed by atoms with Gasteiger partial charge < -0.3 is 10.2 Å². The Hall–Kier alpha value is -1.07. The summed E-state index contributed by atoms with van der Waals surface area (Å²) in [6.45, 7) is 4.39. The predicted octanol–water partition coefficient (Wildman–Crippen LogP) is 2.84. The van der Waals surface area contributed by atoms with Crippen LogP contribution in [0.4, 0.5) is 0 Å². The van der Waals surface area contributed by atoms with Crippen molar-refractivity contribution in [3.05, 3.63) is 28.2 Å². The number of aliphatic carboxylic acids is 1. The van der Waals surface area contributed by atoms with E-state index in [0.717, 1.165) is 16.5 Å². The highest BCUT2D eigenvalue weighted by Crippen LogP contribution is 2.24. The van der Waals surface area contributed by atoms with Gasteiger partial charge >= 0.3 is 5.97 Å². The van der Waals surface area contributed by atoms with Gasteiger partial charge in [-0.3, -0.25) is 9.69 Å². The lowest BCUT2D eigenvalue weighted by molar-refractivity contribution is -0.139. The van der Waals surface area contributed by atoms with Gasteiger partial charge in [0, 0.05) is 22.6 Å². The lowest BCUT2D eigenvalue weighted by atomic mass is 10.1. The third-order valence-corrected chi connectivity index (χ3v) is 3.46. The SMILES string of the molecule is CCC(C)N(CC(=O)O)Cc1cc(Br)ccc1O. The summed E-state index contributed by atoms with van der Waals surface area (Å²) < 4.78 is 0.870. The van der Waals surface area contributed by atoms with Gasteiger partial charge in [0.15, 0.2) is 0 Å².